The Labute approximate surface area is 204 Å². The Morgan fingerprint density at radius 2 is 1.69 bits per heavy atom. The molecule has 1 heterocycles. The number of aromatic nitrogens is 1. The molecule has 6 nitrogen and oxygen atoms in total. The van der Waals surface area contributed by atoms with Gasteiger partial charge < -0.3 is 20.3 Å². The Bertz CT molecular complexity index is 1260. The van der Waals surface area contributed by atoms with Crippen molar-refractivity contribution in [2.24, 2.45) is 0 Å². The number of para-hydroxylation sites is 1. The van der Waals surface area contributed by atoms with Crippen molar-refractivity contribution in [3.63, 3.8) is 0 Å². The number of thiazole rings is 1. The van der Waals surface area contributed by atoms with E-state index >= 15 is 0 Å². The molecular formula is C23H16Br2N2O4S. The van der Waals surface area contributed by atoms with Gasteiger partial charge in [-0.05, 0) is 67.8 Å². The highest BCUT2D eigenvalue weighted by Crippen LogP contribution is 2.45. The summed E-state index contributed by atoms with van der Waals surface area (Å²) in [6.45, 7) is 0.334. The molecule has 1 aromatic heterocycles. The van der Waals surface area contributed by atoms with Crippen molar-refractivity contribution in [3.8, 4) is 34.3 Å². The molecule has 0 spiro atoms. The van der Waals surface area contributed by atoms with Gasteiger partial charge in [-0.15, -0.1) is 11.3 Å². The molecular weight excluding hydrogens is 560 g/mol. The Morgan fingerprint density at radius 1 is 1.00 bits per heavy atom. The summed E-state index contributed by atoms with van der Waals surface area (Å²) in [6.07, 6.45) is 0. The van der Waals surface area contributed by atoms with Gasteiger partial charge in [-0.1, -0.05) is 30.3 Å². The lowest BCUT2D eigenvalue weighted by atomic mass is 10.1. The van der Waals surface area contributed by atoms with Gasteiger partial charge in [0.15, 0.2) is 5.01 Å². The van der Waals surface area contributed by atoms with Crippen LogP contribution < -0.4 is 10.1 Å². The van der Waals surface area contributed by atoms with E-state index in [1.54, 1.807) is 11.4 Å². The third-order valence-corrected chi connectivity index (χ3v) is 6.69. The molecule has 32 heavy (non-hydrogen) atoms. The first-order valence-electron chi connectivity index (χ1n) is 9.38. The van der Waals surface area contributed by atoms with Crippen molar-refractivity contribution in [2.45, 2.75) is 6.54 Å². The standard InChI is InChI=1S/C23H16Br2N2O4S/c24-17-10-16(20(28)19(25)21(17)29)18-12-32-23(27-18)22(30)26-11-13-6-8-15(9-7-13)31-14-4-2-1-3-5-14/h1-10,12,28-29H,11H2,(H,26,30). The number of aromatic hydroxyl groups is 2. The third kappa shape index (κ3) is 4.95. The summed E-state index contributed by atoms with van der Waals surface area (Å²) < 4.78 is 6.32. The summed E-state index contributed by atoms with van der Waals surface area (Å²) in [5.74, 6) is 0.886. The minimum absolute atomic E-state index is 0.111. The van der Waals surface area contributed by atoms with E-state index in [2.05, 4.69) is 42.2 Å². The van der Waals surface area contributed by atoms with Gasteiger partial charge in [0.25, 0.3) is 5.91 Å². The number of rotatable bonds is 6. The molecule has 4 rings (SSSR count). The second-order valence-corrected chi connectivity index (χ2v) is 9.20. The molecule has 0 fully saturated rings. The average Bonchev–Trinajstić information content (AvgIpc) is 3.30. The SMILES string of the molecule is O=C(NCc1ccc(Oc2ccccc2)cc1)c1nc(-c2cc(Br)c(O)c(Br)c2O)cs1. The number of carbonyl (C=O) groups is 1. The summed E-state index contributed by atoms with van der Waals surface area (Å²) in [5.41, 5.74) is 1.74. The molecule has 3 aromatic carbocycles. The van der Waals surface area contributed by atoms with Gasteiger partial charge in [-0.25, -0.2) is 4.98 Å². The van der Waals surface area contributed by atoms with Crippen LogP contribution in [0.5, 0.6) is 23.0 Å². The number of hydrogen-bond donors (Lipinski definition) is 3. The van der Waals surface area contributed by atoms with Crippen molar-refractivity contribution in [2.75, 3.05) is 0 Å². The molecule has 0 radical (unpaired) electrons. The summed E-state index contributed by atoms with van der Waals surface area (Å²) in [7, 11) is 0. The lowest BCUT2D eigenvalue weighted by Crippen LogP contribution is -2.22. The zero-order valence-electron chi connectivity index (χ0n) is 16.4. The molecule has 0 aliphatic carbocycles. The number of phenolic OH excluding ortho intramolecular Hbond substituents is 2. The van der Waals surface area contributed by atoms with Crippen molar-refractivity contribution in [1.82, 2.24) is 10.3 Å². The van der Waals surface area contributed by atoms with Crippen molar-refractivity contribution in [3.05, 3.63) is 85.6 Å². The lowest BCUT2D eigenvalue weighted by molar-refractivity contribution is 0.0950. The minimum atomic E-state index is -0.317. The molecule has 0 aliphatic heterocycles. The smallest absolute Gasteiger partial charge is 0.280 e. The largest absolute Gasteiger partial charge is 0.506 e. The second kappa shape index (κ2) is 9.72. The van der Waals surface area contributed by atoms with Crippen molar-refractivity contribution >= 4 is 49.1 Å². The Morgan fingerprint density at radius 3 is 2.41 bits per heavy atom. The van der Waals surface area contributed by atoms with Crippen LogP contribution in [0.1, 0.15) is 15.4 Å². The monoisotopic (exact) mass is 574 g/mol. The molecule has 9 heteroatoms. The first kappa shape index (κ1) is 22.3. The summed E-state index contributed by atoms with van der Waals surface area (Å²) in [5, 5.41) is 25.0. The highest BCUT2D eigenvalue weighted by molar-refractivity contribution is 9.11. The first-order chi connectivity index (χ1) is 15.4. The summed E-state index contributed by atoms with van der Waals surface area (Å²) >= 11 is 7.55. The molecule has 0 atom stereocenters. The molecule has 162 valence electrons. The van der Waals surface area contributed by atoms with E-state index in [-0.39, 0.29) is 26.9 Å². The maximum Gasteiger partial charge on any atom is 0.280 e. The van der Waals surface area contributed by atoms with Gasteiger partial charge >= 0.3 is 0 Å². The maximum absolute atomic E-state index is 12.5. The number of nitrogens with one attached hydrogen (secondary N) is 1. The van der Waals surface area contributed by atoms with E-state index in [1.165, 1.54) is 11.3 Å². The van der Waals surface area contributed by atoms with Crippen LogP contribution in [0.4, 0.5) is 0 Å². The number of amides is 1. The van der Waals surface area contributed by atoms with Crippen LogP contribution in [-0.2, 0) is 6.54 Å². The normalized spacial score (nSPS) is 10.7. The highest BCUT2D eigenvalue weighted by Gasteiger charge is 2.19. The first-order valence-corrected chi connectivity index (χ1v) is 11.8. The number of carbonyl (C=O) groups excluding carboxylic acids is 1. The molecule has 0 saturated heterocycles. The number of nitrogens with zero attached hydrogens (tertiary/aromatic N) is 1. The van der Waals surface area contributed by atoms with Crippen molar-refractivity contribution in [1.29, 1.82) is 0 Å². The van der Waals surface area contributed by atoms with Crippen molar-refractivity contribution < 1.29 is 19.7 Å². The third-order valence-electron chi connectivity index (χ3n) is 4.50. The summed E-state index contributed by atoms with van der Waals surface area (Å²) in [4.78, 5) is 16.9. The van der Waals surface area contributed by atoms with E-state index in [4.69, 9.17) is 4.74 Å². The van der Waals surface area contributed by atoms with Crippen LogP contribution in [0, 0.1) is 0 Å². The maximum atomic E-state index is 12.5. The van der Waals surface area contributed by atoms with E-state index < -0.39 is 0 Å². The Balaban J connectivity index is 1.40. The zero-order valence-corrected chi connectivity index (χ0v) is 20.4. The van der Waals surface area contributed by atoms with Crippen LogP contribution in [0.2, 0.25) is 0 Å². The predicted octanol–water partition coefficient (Wildman–Crippen LogP) is 6.47. The summed E-state index contributed by atoms with van der Waals surface area (Å²) in [6, 6.07) is 18.5. The van der Waals surface area contributed by atoms with E-state index in [9.17, 15) is 15.0 Å². The quantitative estimate of drug-likeness (QED) is 0.245. The average molecular weight is 576 g/mol. The molecule has 0 aliphatic rings. The van der Waals surface area contributed by atoms with Gasteiger partial charge in [-0.3, -0.25) is 4.79 Å². The van der Waals surface area contributed by atoms with Crippen LogP contribution in [-0.4, -0.2) is 21.1 Å². The number of phenols is 2. The fraction of sp³-hybridized carbons (Fsp3) is 0.0435. The fourth-order valence-corrected chi connectivity index (χ4v) is 4.71. The number of halogens is 2. The number of ether oxygens (including phenoxy) is 1. The molecule has 1 amide bonds. The van der Waals surface area contributed by atoms with Gasteiger partial charge in [-0.2, -0.15) is 0 Å². The van der Waals surface area contributed by atoms with Crippen LogP contribution in [0.15, 0.2) is 75.0 Å². The second-order valence-electron chi connectivity index (χ2n) is 6.70. The van der Waals surface area contributed by atoms with Crippen LogP contribution in [0.25, 0.3) is 11.3 Å². The van der Waals surface area contributed by atoms with Gasteiger partial charge in [0.1, 0.15) is 27.5 Å². The molecule has 0 bridgehead atoms. The van der Waals surface area contributed by atoms with Crippen LogP contribution >= 0.6 is 43.2 Å². The van der Waals surface area contributed by atoms with E-state index in [1.807, 2.05) is 54.6 Å². The Kier molecular flexibility index (Phi) is 6.78. The fourth-order valence-electron chi connectivity index (χ4n) is 2.85. The molecule has 4 aromatic rings. The van der Waals surface area contributed by atoms with E-state index in [0.717, 1.165) is 11.3 Å². The van der Waals surface area contributed by atoms with Gasteiger partial charge in [0.05, 0.1) is 10.2 Å². The molecule has 0 unspecified atom stereocenters. The minimum Gasteiger partial charge on any atom is -0.506 e. The number of hydrogen-bond acceptors (Lipinski definition) is 6. The number of benzene rings is 3. The molecule has 3 N–H and O–H groups in total. The van der Waals surface area contributed by atoms with E-state index in [0.29, 0.717) is 28.0 Å². The van der Waals surface area contributed by atoms with Gasteiger partial charge in [0, 0.05) is 17.5 Å². The molecule has 0 saturated carbocycles. The predicted molar refractivity (Wildman–Crippen MR) is 130 cm³/mol. The zero-order chi connectivity index (χ0) is 22.7. The highest BCUT2D eigenvalue weighted by atomic mass is 79.9. The van der Waals surface area contributed by atoms with Crippen LogP contribution in [0.3, 0.4) is 0 Å². The lowest BCUT2D eigenvalue weighted by Gasteiger charge is -2.08. The topological polar surface area (TPSA) is 91.7 Å². The van der Waals surface area contributed by atoms with Gasteiger partial charge in [0.2, 0.25) is 0 Å². The Hall–Kier alpha value is -2.88.